The van der Waals surface area contributed by atoms with Crippen LogP contribution in [0.25, 0.3) is 6.08 Å². The highest BCUT2D eigenvalue weighted by Gasteiger charge is 2.34. The van der Waals surface area contributed by atoms with Crippen molar-refractivity contribution in [3.05, 3.63) is 56.1 Å². The quantitative estimate of drug-likeness (QED) is 0.444. The fraction of sp³-hybridized carbons (Fsp3) is 0.440. The Bertz CT molecular complexity index is 1250. The molecule has 2 fully saturated rings. The van der Waals surface area contributed by atoms with E-state index >= 15 is 0 Å². The summed E-state index contributed by atoms with van der Waals surface area (Å²) in [5, 5.41) is 9.76. The molecule has 4 heterocycles. The van der Waals surface area contributed by atoms with Crippen LogP contribution < -0.4 is 10.5 Å². The number of hydrogen-bond donors (Lipinski definition) is 0. The molecule has 2 atom stereocenters. The lowest BCUT2D eigenvalue weighted by Crippen LogP contribution is -2.42. The van der Waals surface area contributed by atoms with Gasteiger partial charge in [0.15, 0.2) is 0 Å². The van der Waals surface area contributed by atoms with Gasteiger partial charge in [0, 0.05) is 25.2 Å². The van der Waals surface area contributed by atoms with Crippen molar-refractivity contribution in [1.29, 1.82) is 5.26 Å². The van der Waals surface area contributed by atoms with Crippen LogP contribution in [0.5, 0.6) is 0 Å². The van der Waals surface area contributed by atoms with Crippen LogP contribution in [0.3, 0.4) is 0 Å². The first kappa shape index (κ1) is 24.3. The number of pyridine rings is 1. The van der Waals surface area contributed by atoms with E-state index in [0.717, 1.165) is 30.9 Å². The molecule has 0 bridgehead atoms. The molecule has 34 heavy (non-hydrogen) atoms. The van der Waals surface area contributed by atoms with Crippen LogP contribution in [0.1, 0.15) is 49.6 Å². The first-order chi connectivity index (χ1) is 16.2. The Morgan fingerprint density at radius 3 is 2.59 bits per heavy atom. The maximum absolute atomic E-state index is 13.3. The van der Waals surface area contributed by atoms with E-state index < -0.39 is 0 Å². The number of carbonyl (C=O) groups excluding carboxylic acids is 1. The lowest BCUT2D eigenvalue weighted by molar-refractivity contribution is -0.122. The lowest BCUT2D eigenvalue weighted by Gasteiger charge is -2.38. The van der Waals surface area contributed by atoms with E-state index in [1.165, 1.54) is 16.7 Å². The number of piperidine rings is 1. The van der Waals surface area contributed by atoms with Crippen molar-refractivity contribution in [2.75, 3.05) is 18.0 Å². The first-order valence-corrected chi connectivity index (χ1v) is 12.7. The highest BCUT2D eigenvalue weighted by atomic mass is 32.2. The van der Waals surface area contributed by atoms with Gasteiger partial charge >= 0.3 is 0 Å². The number of rotatable bonds is 5. The molecule has 0 radical (unpaired) electrons. The maximum Gasteiger partial charge on any atom is 0.270 e. The van der Waals surface area contributed by atoms with Crippen LogP contribution in [0, 0.1) is 30.1 Å². The molecule has 0 aromatic carbocycles. The van der Waals surface area contributed by atoms with Gasteiger partial charge in [-0.2, -0.15) is 5.26 Å². The fourth-order valence-electron chi connectivity index (χ4n) is 4.94. The molecule has 2 aliphatic rings. The summed E-state index contributed by atoms with van der Waals surface area (Å²) in [5.74, 6) is 2.17. The molecule has 2 unspecified atom stereocenters. The summed E-state index contributed by atoms with van der Waals surface area (Å²) in [7, 11) is 0. The van der Waals surface area contributed by atoms with Gasteiger partial charge in [-0.1, -0.05) is 37.8 Å². The van der Waals surface area contributed by atoms with Crippen molar-refractivity contribution in [2.45, 2.75) is 47.2 Å². The van der Waals surface area contributed by atoms with Gasteiger partial charge in [0.05, 0.1) is 17.7 Å². The first-order valence-electron chi connectivity index (χ1n) is 11.4. The number of anilines is 1. The van der Waals surface area contributed by atoms with Crippen LogP contribution in [0.2, 0.25) is 0 Å². The van der Waals surface area contributed by atoms with Gasteiger partial charge < -0.3 is 9.32 Å². The minimum Gasteiger partial charge on any atom is -0.467 e. The van der Waals surface area contributed by atoms with Crippen LogP contribution >= 0.6 is 24.0 Å². The number of nitriles is 1. The molecule has 9 heteroatoms. The van der Waals surface area contributed by atoms with Gasteiger partial charge in [-0.25, -0.2) is 0 Å². The number of hydrogen-bond acceptors (Lipinski definition) is 7. The third-order valence-corrected chi connectivity index (χ3v) is 7.75. The number of thiocarbonyl (C=S) groups is 1. The SMILES string of the molecule is CCn1c(N2CC(C)CC(C)C2)c(/C=C2/SC(=S)N(Cc3ccco3)C2=O)c(C)c(C#N)c1=O. The van der Waals surface area contributed by atoms with Crippen molar-refractivity contribution in [1.82, 2.24) is 9.47 Å². The van der Waals surface area contributed by atoms with Crippen LogP contribution in [0.15, 0.2) is 32.5 Å². The molecule has 1 amide bonds. The lowest BCUT2D eigenvalue weighted by atomic mass is 9.91. The molecule has 2 aromatic heterocycles. The predicted octanol–water partition coefficient (Wildman–Crippen LogP) is 4.53. The minimum atomic E-state index is -0.286. The molecule has 0 spiro atoms. The monoisotopic (exact) mass is 496 g/mol. The molecule has 2 saturated heterocycles. The molecule has 7 nitrogen and oxygen atoms in total. The molecule has 2 aromatic rings. The second kappa shape index (κ2) is 9.80. The van der Waals surface area contributed by atoms with Crippen molar-refractivity contribution < 1.29 is 9.21 Å². The Labute approximate surface area is 209 Å². The van der Waals surface area contributed by atoms with Crippen molar-refractivity contribution in [3.8, 4) is 6.07 Å². The van der Waals surface area contributed by atoms with Gasteiger partial charge in [0.2, 0.25) is 0 Å². The third-order valence-electron chi connectivity index (χ3n) is 6.37. The van der Waals surface area contributed by atoms with Gasteiger partial charge in [0.1, 0.15) is 27.5 Å². The Kier molecular flexibility index (Phi) is 7.01. The Morgan fingerprint density at radius 2 is 2.00 bits per heavy atom. The Balaban J connectivity index is 1.84. The molecule has 178 valence electrons. The number of carbonyl (C=O) groups is 1. The molecular formula is C25H28N4O3S2. The Morgan fingerprint density at radius 1 is 1.29 bits per heavy atom. The van der Waals surface area contributed by atoms with Crippen molar-refractivity contribution in [2.24, 2.45) is 11.8 Å². The van der Waals surface area contributed by atoms with Crippen LogP contribution in [-0.4, -0.2) is 32.8 Å². The standard InChI is InChI=1S/C25H28N4O3S2/c1-5-28-22(27-12-15(2)9-16(3)13-27)19(17(4)20(11-26)23(28)30)10-21-24(31)29(25(33)34-21)14-18-7-6-8-32-18/h6-8,10,15-16H,5,9,12-14H2,1-4H3/b21-10+. The summed E-state index contributed by atoms with van der Waals surface area (Å²) in [6.07, 6.45) is 4.50. The average Bonchev–Trinajstić information content (AvgIpc) is 3.39. The summed E-state index contributed by atoms with van der Waals surface area (Å²) in [6, 6.07) is 5.67. The molecule has 0 N–H and O–H groups in total. The third kappa shape index (κ3) is 4.44. The van der Waals surface area contributed by atoms with E-state index in [2.05, 4.69) is 24.8 Å². The van der Waals surface area contributed by atoms with Crippen LogP contribution in [-0.2, 0) is 17.9 Å². The van der Waals surface area contributed by atoms with Crippen molar-refractivity contribution in [3.63, 3.8) is 0 Å². The van der Waals surface area contributed by atoms with Crippen LogP contribution in [0.4, 0.5) is 5.82 Å². The second-order valence-corrected chi connectivity index (χ2v) is 10.8. The Hall–Kier alpha value is -2.83. The number of aromatic nitrogens is 1. The van der Waals surface area contributed by atoms with Gasteiger partial charge in [0.25, 0.3) is 11.5 Å². The summed E-state index contributed by atoms with van der Waals surface area (Å²) in [4.78, 5) is 30.7. The van der Waals surface area contributed by atoms with Gasteiger partial charge in [-0.15, -0.1) is 0 Å². The average molecular weight is 497 g/mol. The number of amides is 1. The summed E-state index contributed by atoms with van der Waals surface area (Å²) in [5.41, 5.74) is 1.15. The fourth-order valence-corrected chi connectivity index (χ4v) is 6.18. The number of thioether (sulfide) groups is 1. The topological polar surface area (TPSA) is 82.5 Å². The minimum absolute atomic E-state index is 0.112. The summed E-state index contributed by atoms with van der Waals surface area (Å²) in [6.45, 7) is 10.5. The normalized spacial score (nSPS) is 22.0. The van der Waals surface area contributed by atoms with E-state index in [1.807, 2.05) is 13.0 Å². The van der Waals surface area contributed by atoms with E-state index in [4.69, 9.17) is 16.6 Å². The van der Waals surface area contributed by atoms with E-state index in [1.54, 1.807) is 29.9 Å². The molecule has 4 rings (SSSR count). The smallest absolute Gasteiger partial charge is 0.270 e. The highest BCUT2D eigenvalue weighted by Crippen LogP contribution is 2.37. The van der Waals surface area contributed by atoms with Gasteiger partial charge in [-0.05, 0) is 55.9 Å². The van der Waals surface area contributed by atoms with E-state index in [-0.39, 0.29) is 23.6 Å². The molecule has 2 aliphatic heterocycles. The molecule has 0 aliphatic carbocycles. The second-order valence-electron chi connectivity index (χ2n) is 9.10. The zero-order valence-corrected chi connectivity index (χ0v) is 21.5. The number of furan rings is 1. The predicted molar refractivity (Wildman–Crippen MR) is 138 cm³/mol. The number of nitrogens with zero attached hydrogens (tertiary/aromatic N) is 4. The van der Waals surface area contributed by atoms with E-state index in [0.29, 0.717) is 38.9 Å². The molecule has 0 saturated carbocycles. The summed E-state index contributed by atoms with van der Waals surface area (Å²) >= 11 is 6.72. The van der Waals surface area contributed by atoms with Gasteiger partial charge in [-0.3, -0.25) is 19.1 Å². The molecular weight excluding hydrogens is 468 g/mol. The summed E-state index contributed by atoms with van der Waals surface area (Å²) < 4.78 is 7.52. The van der Waals surface area contributed by atoms with Crippen molar-refractivity contribution >= 4 is 46.1 Å². The zero-order chi connectivity index (χ0) is 24.6. The highest BCUT2D eigenvalue weighted by molar-refractivity contribution is 8.26. The van der Waals surface area contributed by atoms with E-state index in [9.17, 15) is 14.9 Å². The zero-order valence-electron chi connectivity index (χ0n) is 19.8. The largest absolute Gasteiger partial charge is 0.467 e. The maximum atomic E-state index is 13.3.